The summed E-state index contributed by atoms with van der Waals surface area (Å²) in [5, 5.41) is 32.1. The number of aliphatic hydroxyl groups excluding tert-OH is 1. The third-order valence-electron chi connectivity index (χ3n) is 4.40. The van der Waals surface area contributed by atoms with Crippen LogP contribution in [0.15, 0.2) is 48.5 Å². The lowest BCUT2D eigenvalue weighted by Crippen LogP contribution is -2.37. The maximum absolute atomic E-state index is 11.1. The predicted octanol–water partition coefficient (Wildman–Crippen LogP) is 2.89. The van der Waals surface area contributed by atoms with Crippen molar-refractivity contribution in [3.8, 4) is 11.5 Å². The fraction of sp³-hybridized carbons (Fsp3) is 0.381. The molecule has 6 heteroatoms. The van der Waals surface area contributed by atoms with Gasteiger partial charge in [-0.1, -0.05) is 24.3 Å². The van der Waals surface area contributed by atoms with E-state index in [9.17, 15) is 15.0 Å². The highest BCUT2D eigenvalue weighted by Crippen LogP contribution is 2.21. The van der Waals surface area contributed by atoms with Gasteiger partial charge in [-0.15, -0.1) is 0 Å². The summed E-state index contributed by atoms with van der Waals surface area (Å²) < 4.78 is 5.48. The normalized spacial score (nSPS) is 13.8. The third kappa shape index (κ3) is 5.98. The van der Waals surface area contributed by atoms with Gasteiger partial charge in [0.1, 0.15) is 11.5 Å². The van der Waals surface area contributed by atoms with Crippen molar-refractivity contribution in [3.63, 3.8) is 0 Å². The number of phenols is 1. The molecular formula is C21H27NO5. The van der Waals surface area contributed by atoms with Crippen molar-refractivity contribution in [2.75, 3.05) is 6.54 Å². The van der Waals surface area contributed by atoms with Crippen molar-refractivity contribution in [1.82, 2.24) is 5.32 Å². The highest BCUT2D eigenvalue weighted by atomic mass is 16.5. The molecule has 4 N–H and O–H groups in total. The first-order chi connectivity index (χ1) is 12.7. The van der Waals surface area contributed by atoms with Crippen molar-refractivity contribution in [2.24, 2.45) is 0 Å². The van der Waals surface area contributed by atoms with Gasteiger partial charge >= 0.3 is 5.97 Å². The molecule has 2 aromatic carbocycles. The highest BCUT2D eigenvalue weighted by molar-refractivity contribution is 5.76. The Labute approximate surface area is 159 Å². The molecule has 0 saturated heterocycles. The number of carbonyl (C=O) groups is 1. The molecule has 0 aliphatic carbocycles. The summed E-state index contributed by atoms with van der Waals surface area (Å²) in [6, 6.07) is 13.7. The number of aromatic hydroxyl groups is 1. The second kappa shape index (κ2) is 8.88. The topological polar surface area (TPSA) is 99.0 Å². The molecule has 2 aromatic rings. The number of benzene rings is 2. The Morgan fingerprint density at radius 2 is 1.70 bits per heavy atom. The van der Waals surface area contributed by atoms with Gasteiger partial charge in [0.05, 0.1) is 6.10 Å². The van der Waals surface area contributed by atoms with E-state index >= 15 is 0 Å². The smallest absolute Gasteiger partial charge is 0.347 e. The molecule has 0 fully saturated rings. The Kier molecular flexibility index (Phi) is 6.82. The molecule has 0 spiro atoms. The van der Waals surface area contributed by atoms with Crippen molar-refractivity contribution in [3.05, 3.63) is 59.7 Å². The average Bonchev–Trinajstić information content (AvgIpc) is 2.62. The van der Waals surface area contributed by atoms with Crippen LogP contribution in [-0.4, -0.2) is 39.5 Å². The summed E-state index contributed by atoms with van der Waals surface area (Å²) in [6.45, 7) is 5.60. The first-order valence-electron chi connectivity index (χ1n) is 8.91. The molecule has 0 aliphatic heterocycles. The maximum atomic E-state index is 11.1. The monoisotopic (exact) mass is 373 g/mol. The molecule has 0 aromatic heterocycles. The molecule has 27 heavy (non-hydrogen) atoms. The van der Waals surface area contributed by atoms with E-state index in [0.717, 1.165) is 17.5 Å². The Morgan fingerprint density at radius 1 is 1.11 bits per heavy atom. The molecule has 0 bridgehead atoms. The van der Waals surface area contributed by atoms with E-state index in [-0.39, 0.29) is 11.8 Å². The van der Waals surface area contributed by atoms with Crippen LogP contribution >= 0.6 is 0 Å². The van der Waals surface area contributed by atoms with E-state index in [4.69, 9.17) is 9.84 Å². The van der Waals surface area contributed by atoms with Gasteiger partial charge in [-0.2, -0.15) is 0 Å². The van der Waals surface area contributed by atoms with Crippen LogP contribution < -0.4 is 10.1 Å². The van der Waals surface area contributed by atoms with Gasteiger partial charge in [0, 0.05) is 6.04 Å². The average molecular weight is 373 g/mol. The van der Waals surface area contributed by atoms with Gasteiger partial charge < -0.3 is 25.4 Å². The number of aliphatic hydroxyl groups is 1. The second-order valence-electron chi connectivity index (χ2n) is 7.09. The molecule has 2 atom stereocenters. The van der Waals surface area contributed by atoms with Gasteiger partial charge in [0.2, 0.25) is 0 Å². The summed E-state index contributed by atoms with van der Waals surface area (Å²) in [7, 11) is 0. The molecule has 0 radical (unpaired) electrons. The summed E-state index contributed by atoms with van der Waals surface area (Å²) in [6.07, 6.45) is 0.0922. The second-order valence-corrected chi connectivity index (χ2v) is 7.09. The molecule has 0 saturated carbocycles. The lowest BCUT2D eigenvalue weighted by Gasteiger charge is -2.22. The zero-order chi connectivity index (χ0) is 20.0. The number of rotatable bonds is 9. The van der Waals surface area contributed by atoms with Crippen molar-refractivity contribution >= 4 is 5.97 Å². The van der Waals surface area contributed by atoms with E-state index in [0.29, 0.717) is 12.3 Å². The van der Waals surface area contributed by atoms with E-state index < -0.39 is 17.7 Å². The Balaban J connectivity index is 1.82. The Morgan fingerprint density at radius 3 is 2.26 bits per heavy atom. The SMILES string of the molecule is C[C@H](NCCc1ccc(OC(C)(C)C(=O)O)cc1)[C@@H](O)c1ccc(O)cc1. The van der Waals surface area contributed by atoms with Crippen LogP contribution in [0.3, 0.4) is 0 Å². The van der Waals surface area contributed by atoms with Crippen molar-refractivity contribution in [1.29, 1.82) is 0 Å². The number of carboxylic acid groups (broad SMARTS) is 1. The molecule has 0 aliphatic rings. The quantitative estimate of drug-likeness (QED) is 0.539. The standard InChI is InChI=1S/C21H27NO5/c1-14(19(24)16-6-8-17(23)9-7-16)22-13-12-15-4-10-18(11-5-15)27-21(2,3)20(25)26/h4-11,14,19,22-24H,12-13H2,1-3H3,(H,25,26)/t14-,19+/m0/s1. The summed E-state index contributed by atoms with van der Waals surface area (Å²) in [5.41, 5.74) is 0.549. The zero-order valence-corrected chi connectivity index (χ0v) is 15.8. The number of ether oxygens (including phenoxy) is 1. The lowest BCUT2D eigenvalue weighted by atomic mass is 10.0. The molecule has 146 valence electrons. The van der Waals surface area contributed by atoms with Crippen molar-refractivity contribution in [2.45, 2.75) is 44.9 Å². The summed E-state index contributed by atoms with van der Waals surface area (Å²) in [4.78, 5) is 11.1. The summed E-state index contributed by atoms with van der Waals surface area (Å²) in [5.74, 6) is -0.335. The third-order valence-corrected chi connectivity index (χ3v) is 4.40. The van der Waals surface area contributed by atoms with Crippen LogP contribution in [0.5, 0.6) is 11.5 Å². The highest BCUT2D eigenvalue weighted by Gasteiger charge is 2.29. The number of hydrogen-bond donors (Lipinski definition) is 4. The largest absolute Gasteiger partial charge is 0.508 e. The number of carboxylic acids is 1. The predicted molar refractivity (Wildman–Crippen MR) is 103 cm³/mol. The van der Waals surface area contributed by atoms with Gasteiger partial charge in [-0.25, -0.2) is 4.79 Å². The van der Waals surface area contributed by atoms with Crippen LogP contribution in [0.2, 0.25) is 0 Å². The molecule has 0 heterocycles. The van der Waals surface area contributed by atoms with Crippen LogP contribution in [0.1, 0.15) is 38.0 Å². The van der Waals surface area contributed by atoms with E-state index in [2.05, 4.69) is 5.32 Å². The number of hydrogen-bond acceptors (Lipinski definition) is 5. The van der Waals surface area contributed by atoms with Gasteiger partial charge in [-0.3, -0.25) is 0 Å². The Hall–Kier alpha value is -2.57. The zero-order valence-electron chi connectivity index (χ0n) is 15.8. The number of aliphatic carboxylic acids is 1. The first kappa shape index (κ1) is 20.7. The van der Waals surface area contributed by atoms with Crippen molar-refractivity contribution < 1.29 is 24.9 Å². The van der Waals surface area contributed by atoms with Gasteiger partial charge in [0.15, 0.2) is 5.60 Å². The first-order valence-corrected chi connectivity index (χ1v) is 8.91. The van der Waals surface area contributed by atoms with Crippen LogP contribution in [-0.2, 0) is 11.2 Å². The number of nitrogens with one attached hydrogen (secondary N) is 1. The molecular weight excluding hydrogens is 346 g/mol. The molecule has 2 rings (SSSR count). The Bertz CT molecular complexity index is 740. The minimum absolute atomic E-state index is 0.145. The van der Waals surface area contributed by atoms with E-state index in [1.165, 1.54) is 13.8 Å². The summed E-state index contributed by atoms with van der Waals surface area (Å²) >= 11 is 0. The molecule has 6 nitrogen and oxygen atoms in total. The van der Waals surface area contributed by atoms with E-state index in [1.807, 2.05) is 19.1 Å². The minimum atomic E-state index is -1.27. The van der Waals surface area contributed by atoms with Crippen LogP contribution in [0, 0.1) is 0 Å². The van der Waals surface area contributed by atoms with Gasteiger partial charge in [-0.05, 0) is 69.1 Å². The van der Waals surface area contributed by atoms with E-state index in [1.54, 1.807) is 36.4 Å². The fourth-order valence-corrected chi connectivity index (χ4v) is 2.58. The lowest BCUT2D eigenvalue weighted by molar-refractivity contribution is -0.152. The van der Waals surface area contributed by atoms with Gasteiger partial charge in [0.25, 0.3) is 0 Å². The number of phenolic OH excluding ortho intramolecular Hbond substituents is 1. The maximum Gasteiger partial charge on any atom is 0.347 e. The fourth-order valence-electron chi connectivity index (χ4n) is 2.58. The van der Waals surface area contributed by atoms with Crippen LogP contribution in [0.4, 0.5) is 0 Å². The molecule has 0 amide bonds. The molecule has 0 unspecified atom stereocenters. The minimum Gasteiger partial charge on any atom is -0.508 e. The van der Waals surface area contributed by atoms with Crippen LogP contribution in [0.25, 0.3) is 0 Å².